The maximum Gasteiger partial charge on any atom is 0.230 e. The summed E-state index contributed by atoms with van der Waals surface area (Å²) in [6.07, 6.45) is 10.6. The number of carbonyl (C=O) groups excluding carboxylic acids is 1. The molecule has 120 valence electrons. The van der Waals surface area contributed by atoms with Crippen LogP contribution in [0.15, 0.2) is 4.52 Å². The molecule has 1 heterocycles. The quantitative estimate of drug-likeness (QED) is 0.930. The second kappa shape index (κ2) is 5.36. The molecule has 0 saturated heterocycles. The lowest BCUT2D eigenvalue weighted by atomic mass is 9.81. The molecule has 22 heavy (non-hydrogen) atoms. The molecule has 0 bridgehead atoms. The number of hydrogen-bond acceptors (Lipinski definition) is 4. The van der Waals surface area contributed by atoms with Crippen LogP contribution in [0.2, 0.25) is 0 Å². The largest absolute Gasteiger partial charge is 0.343 e. The van der Waals surface area contributed by atoms with E-state index in [1.54, 1.807) is 6.92 Å². The Labute approximate surface area is 131 Å². The second-order valence-electron chi connectivity index (χ2n) is 7.42. The third kappa shape index (κ3) is 2.34. The summed E-state index contributed by atoms with van der Waals surface area (Å²) in [6.45, 7) is 1.58. The highest BCUT2D eigenvalue weighted by molar-refractivity contribution is 5.74. The average Bonchev–Trinajstić information content (AvgIpc) is 3.03. The summed E-state index contributed by atoms with van der Waals surface area (Å²) in [6, 6.07) is 0. The molecular formula is C17H25N3O2. The van der Waals surface area contributed by atoms with E-state index in [1.165, 1.54) is 32.1 Å². The first-order valence-electron chi connectivity index (χ1n) is 8.82. The highest BCUT2D eigenvalue weighted by atomic mass is 16.5. The van der Waals surface area contributed by atoms with Crippen molar-refractivity contribution in [2.75, 3.05) is 0 Å². The Balaban J connectivity index is 1.57. The van der Waals surface area contributed by atoms with E-state index >= 15 is 0 Å². The standard InChI is InChI=1S/C17H25N3O2/c1-11(21)19-17(9-5-2-6-10-17)16-18-15(22-20-16)14-12-7-3-4-8-13(12)14/h12-14H,2-10H2,1H3,(H,19,21)/t12-,13+,14?. The minimum atomic E-state index is -0.397. The van der Waals surface area contributed by atoms with Gasteiger partial charge in [0.25, 0.3) is 0 Å². The number of nitrogens with zero attached hydrogens (tertiary/aromatic N) is 2. The van der Waals surface area contributed by atoms with Crippen molar-refractivity contribution in [3.8, 4) is 0 Å². The maximum absolute atomic E-state index is 11.7. The first kappa shape index (κ1) is 14.2. The monoisotopic (exact) mass is 303 g/mol. The Kier molecular flexibility index (Phi) is 3.46. The van der Waals surface area contributed by atoms with E-state index in [0.717, 1.165) is 43.4 Å². The first-order chi connectivity index (χ1) is 10.7. The van der Waals surface area contributed by atoms with E-state index < -0.39 is 5.54 Å². The van der Waals surface area contributed by atoms with Crippen LogP contribution in [0.3, 0.4) is 0 Å². The van der Waals surface area contributed by atoms with Crippen molar-refractivity contribution in [1.29, 1.82) is 0 Å². The van der Waals surface area contributed by atoms with Gasteiger partial charge < -0.3 is 9.84 Å². The number of rotatable bonds is 3. The van der Waals surface area contributed by atoms with Crippen molar-refractivity contribution in [2.24, 2.45) is 11.8 Å². The van der Waals surface area contributed by atoms with Gasteiger partial charge in [-0.1, -0.05) is 37.3 Å². The van der Waals surface area contributed by atoms with Crippen LogP contribution in [0.5, 0.6) is 0 Å². The average molecular weight is 303 g/mol. The zero-order valence-corrected chi connectivity index (χ0v) is 13.3. The number of aromatic nitrogens is 2. The van der Waals surface area contributed by atoms with E-state index in [4.69, 9.17) is 9.51 Å². The minimum absolute atomic E-state index is 0.00617. The van der Waals surface area contributed by atoms with Crippen LogP contribution < -0.4 is 5.32 Å². The smallest absolute Gasteiger partial charge is 0.230 e. The fourth-order valence-corrected chi connectivity index (χ4v) is 4.82. The van der Waals surface area contributed by atoms with Gasteiger partial charge in [0.2, 0.25) is 11.8 Å². The van der Waals surface area contributed by atoms with Gasteiger partial charge in [-0.15, -0.1) is 0 Å². The van der Waals surface area contributed by atoms with Gasteiger partial charge in [-0.3, -0.25) is 4.79 Å². The number of fused-ring (bicyclic) bond motifs is 1. The molecule has 5 heteroatoms. The lowest BCUT2D eigenvalue weighted by Gasteiger charge is -2.34. The fourth-order valence-electron chi connectivity index (χ4n) is 4.82. The van der Waals surface area contributed by atoms with Gasteiger partial charge in [-0.2, -0.15) is 4.98 Å². The first-order valence-corrected chi connectivity index (χ1v) is 8.82. The molecule has 0 spiro atoms. The molecule has 5 nitrogen and oxygen atoms in total. The van der Waals surface area contributed by atoms with Gasteiger partial charge in [0, 0.05) is 12.8 Å². The van der Waals surface area contributed by atoms with Crippen LogP contribution in [0.1, 0.15) is 82.3 Å². The SMILES string of the molecule is CC(=O)NC1(c2noc(C3[C@H]4CCCC[C@@H]34)n2)CCCCC1. The highest BCUT2D eigenvalue weighted by Gasteiger charge is 2.55. The molecule has 1 amide bonds. The lowest BCUT2D eigenvalue weighted by molar-refractivity contribution is -0.121. The van der Waals surface area contributed by atoms with Crippen LogP contribution in [-0.2, 0) is 10.3 Å². The topological polar surface area (TPSA) is 68.0 Å². The molecular weight excluding hydrogens is 278 g/mol. The lowest BCUT2D eigenvalue weighted by Crippen LogP contribution is -2.47. The van der Waals surface area contributed by atoms with E-state index in [9.17, 15) is 4.79 Å². The predicted molar refractivity (Wildman–Crippen MR) is 81.1 cm³/mol. The van der Waals surface area contributed by atoms with Crippen LogP contribution in [0.4, 0.5) is 0 Å². The van der Waals surface area contributed by atoms with Gasteiger partial charge in [0.1, 0.15) is 5.54 Å². The van der Waals surface area contributed by atoms with Gasteiger partial charge in [-0.25, -0.2) is 0 Å². The Morgan fingerprint density at radius 3 is 2.45 bits per heavy atom. The van der Waals surface area contributed by atoms with Crippen LogP contribution in [-0.4, -0.2) is 16.0 Å². The summed E-state index contributed by atoms with van der Waals surface area (Å²) in [4.78, 5) is 16.4. The van der Waals surface area contributed by atoms with E-state index in [1.807, 2.05) is 0 Å². The molecule has 0 aliphatic heterocycles. The third-order valence-corrected chi connectivity index (χ3v) is 5.93. The molecule has 3 saturated carbocycles. The molecule has 1 aromatic heterocycles. The summed E-state index contributed by atoms with van der Waals surface area (Å²) in [5.41, 5.74) is -0.397. The molecule has 4 rings (SSSR count). The van der Waals surface area contributed by atoms with E-state index in [2.05, 4.69) is 10.5 Å². The van der Waals surface area contributed by atoms with E-state index in [0.29, 0.717) is 11.7 Å². The summed E-state index contributed by atoms with van der Waals surface area (Å²) in [7, 11) is 0. The van der Waals surface area contributed by atoms with Crippen molar-refractivity contribution in [2.45, 2.75) is 76.2 Å². The molecule has 3 aliphatic rings. The van der Waals surface area contributed by atoms with Crippen LogP contribution in [0.25, 0.3) is 0 Å². The normalized spacial score (nSPS) is 33.0. The molecule has 1 aromatic rings. The third-order valence-electron chi connectivity index (χ3n) is 5.93. The maximum atomic E-state index is 11.7. The number of hydrogen-bond donors (Lipinski definition) is 1. The van der Waals surface area contributed by atoms with Crippen molar-refractivity contribution in [3.63, 3.8) is 0 Å². The minimum Gasteiger partial charge on any atom is -0.343 e. The van der Waals surface area contributed by atoms with E-state index in [-0.39, 0.29) is 5.91 Å². The summed E-state index contributed by atoms with van der Waals surface area (Å²) >= 11 is 0. The van der Waals surface area contributed by atoms with Crippen molar-refractivity contribution in [3.05, 3.63) is 11.7 Å². The van der Waals surface area contributed by atoms with Crippen molar-refractivity contribution >= 4 is 5.91 Å². The van der Waals surface area contributed by atoms with Crippen LogP contribution in [0, 0.1) is 11.8 Å². The van der Waals surface area contributed by atoms with Crippen LogP contribution >= 0.6 is 0 Å². The van der Waals surface area contributed by atoms with Gasteiger partial charge >= 0.3 is 0 Å². The Bertz CT molecular complexity index is 550. The molecule has 3 fully saturated rings. The Hall–Kier alpha value is -1.39. The zero-order valence-electron chi connectivity index (χ0n) is 13.3. The Morgan fingerprint density at radius 1 is 1.14 bits per heavy atom. The molecule has 3 atom stereocenters. The van der Waals surface area contributed by atoms with Gasteiger partial charge in [0.05, 0.1) is 0 Å². The van der Waals surface area contributed by atoms with Crippen molar-refractivity contribution < 1.29 is 9.32 Å². The number of nitrogens with one attached hydrogen (secondary N) is 1. The molecule has 0 radical (unpaired) electrons. The Morgan fingerprint density at radius 2 is 1.82 bits per heavy atom. The van der Waals surface area contributed by atoms with Gasteiger partial charge in [-0.05, 0) is 37.5 Å². The molecule has 3 aliphatic carbocycles. The molecule has 0 aromatic carbocycles. The predicted octanol–water partition coefficient (Wildman–Crippen LogP) is 3.27. The fraction of sp³-hybridized carbons (Fsp3) is 0.824. The molecule has 1 unspecified atom stereocenters. The second-order valence-corrected chi connectivity index (χ2v) is 7.42. The number of amides is 1. The van der Waals surface area contributed by atoms with Gasteiger partial charge in [0.15, 0.2) is 5.82 Å². The summed E-state index contributed by atoms with van der Waals surface area (Å²) < 4.78 is 5.63. The summed E-state index contributed by atoms with van der Waals surface area (Å²) in [5.74, 6) is 3.55. The zero-order chi connectivity index (χ0) is 15.2. The molecule has 1 N–H and O–H groups in total. The summed E-state index contributed by atoms with van der Waals surface area (Å²) in [5, 5.41) is 7.41. The van der Waals surface area contributed by atoms with Crippen molar-refractivity contribution in [1.82, 2.24) is 15.5 Å². The number of carbonyl (C=O) groups is 1. The highest BCUT2D eigenvalue weighted by Crippen LogP contribution is 2.60.